The van der Waals surface area contributed by atoms with Gasteiger partial charge in [-0.3, -0.25) is 0 Å². The molecule has 2 rings (SSSR count). The minimum absolute atomic E-state index is 0.0196. The van der Waals surface area contributed by atoms with Crippen LogP contribution in [0.25, 0.3) is 0 Å². The largest absolute Gasteiger partial charge is 0.516 e. The number of nitrogens with one attached hydrogen (secondary N) is 1. The molecule has 0 saturated carbocycles. The third kappa shape index (κ3) is 6.43. The summed E-state index contributed by atoms with van der Waals surface area (Å²) < 4.78 is 5.84. The van der Waals surface area contributed by atoms with Gasteiger partial charge in [0.05, 0.1) is 20.2 Å². The minimum Gasteiger partial charge on any atom is -0.410 e. The number of nitrogens with zero attached hydrogens (tertiary/aromatic N) is 1. The van der Waals surface area contributed by atoms with Crippen LogP contribution in [0, 0.1) is 5.92 Å². The van der Waals surface area contributed by atoms with Gasteiger partial charge in [-0.05, 0) is 75.3 Å². The minimum atomic E-state index is -0.484. The van der Waals surface area contributed by atoms with Crippen LogP contribution in [0.2, 0.25) is 0 Å². The van der Waals surface area contributed by atoms with Crippen molar-refractivity contribution in [3.63, 3.8) is 0 Å². The molecule has 0 aliphatic carbocycles. The Bertz CT molecular complexity index is 763. The number of aliphatic hydroxyl groups is 1. The number of quaternary nitrogens is 1. The zero-order chi connectivity index (χ0) is 23.9. The fourth-order valence-corrected chi connectivity index (χ4v) is 4.82. The Labute approximate surface area is 195 Å². The normalized spacial score (nSPS) is 25.8. The summed E-state index contributed by atoms with van der Waals surface area (Å²) in [6, 6.07) is -0.0196. The van der Waals surface area contributed by atoms with E-state index in [0.717, 1.165) is 62.8 Å². The summed E-state index contributed by atoms with van der Waals surface area (Å²) in [6.45, 7) is 14.0. The maximum absolute atomic E-state index is 12.4. The second-order valence-electron chi connectivity index (χ2n) is 9.96. The SMILES string of the molecule is C=C(C)CCC=CC(CCC)C(O)C1=C(C(C)=CC2C(CC)OC(=O)[N+]2(C)C)CNCC1. The number of ether oxygens (including phenoxy) is 1. The molecule has 2 aliphatic heterocycles. The van der Waals surface area contributed by atoms with Crippen molar-refractivity contribution in [1.29, 1.82) is 0 Å². The van der Waals surface area contributed by atoms with Gasteiger partial charge in [-0.15, -0.1) is 6.58 Å². The Hall–Kier alpha value is -1.69. The molecule has 0 spiro atoms. The number of carbonyl (C=O) groups is 1. The molecule has 0 aromatic carbocycles. The zero-order valence-corrected chi connectivity index (χ0v) is 21.1. The average molecular weight is 446 g/mol. The summed E-state index contributed by atoms with van der Waals surface area (Å²) >= 11 is 0. The highest BCUT2D eigenvalue weighted by atomic mass is 16.6. The number of cyclic esters (lactones) is 1. The number of rotatable bonds is 11. The summed E-state index contributed by atoms with van der Waals surface area (Å²) in [4.78, 5) is 12.4. The molecule has 2 heterocycles. The molecule has 1 amide bonds. The highest BCUT2D eigenvalue weighted by molar-refractivity contribution is 5.62. The van der Waals surface area contributed by atoms with Crippen LogP contribution in [0.15, 0.2) is 47.1 Å². The third-order valence-electron chi connectivity index (χ3n) is 6.91. The molecule has 0 aromatic rings. The van der Waals surface area contributed by atoms with Crippen LogP contribution in [0.4, 0.5) is 4.79 Å². The molecule has 1 fully saturated rings. The van der Waals surface area contributed by atoms with Crippen LogP contribution in [0.3, 0.4) is 0 Å². The van der Waals surface area contributed by atoms with Crippen LogP contribution in [-0.2, 0) is 4.74 Å². The summed E-state index contributed by atoms with van der Waals surface area (Å²) in [6.07, 6.45) is 11.4. The van der Waals surface area contributed by atoms with E-state index >= 15 is 0 Å². The predicted octanol–water partition coefficient (Wildman–Crippen LogP) is 5.29. The van der Waals surface area contributed by atoms with Gasteiger partial charge in [0.2, 0.25) is 0 Å². The first-order valence-electron chi connectivity index (χ1n) is 12.3. The van der Waals surface area contributed by atoms with Gasteiger partial charge < -0.3 is 15.2 Å². The van der Waals surface area contributed by atoms with Crippen molar-refractivity contribution in [2.24, 2.45) is 5.92 Å². The summed E-state index contributed by atoms with van der Waals surface area (Å²) in [5, 5.41) is 14.9. The first-order chi connectivity index (χ1) is 15.1. The molecule has 0 bridgehead atoms. The summed E-state index contributed by atoms with van der Waals surface area (Å²) in [5.74, 6) is 0.119. The number of allylic oxidation sites excluding steroid dienone is 2. The van der Waals surface area contributed by atoms with Crippen LogP contribution in [-0.4, -0.2) is 61.1 Å². The van der Waals surface area contributed by atoms with Gasteiger partial charge in [-0.25, -0.2) is 4.48 Å². The maximum Gasteiger partial charge on any atom is 0.516 e. The molecule has 5 nitrogen and oxygen atoms in total. The second kappa shape index (κ2) is 12.0. The fourth-order valence-electron chi connectivity index (χ4n) is 4.82. The molecule has 4 atom stereocenters. The van der Waals surface area contributed by atoms with Crippen molar-refractivity contribution in [2.75, 3.05) is 27.2 Å². The first kappa shape index (κ1) is 26.6. The number of likely N-dealkylation sites (N-methyl/N-ethyl adjacent to an activating group) is 1. The quantitative estimate of drug-likeness (QED) is 0.335. The number of hydrogen-bond donors (Lipinski definition) is 2. The number of hydrogen-bond acceptors (Lipinski definition) is 4. The van der Waals surface area contributed by atoms with Crippen molar-refractivity contribution in [1.82, 2.24) is 5.32 Å². The van der Waals surface area contributed by atoms with Crippen molar-refractivity contribution < 1.29 is 19.1 Å². The van der Waals surface area contributed by atoms with Gasteiger partial charge in [0.25, 0.3) is 0 Å². The van der Waals surface area contributed by atoms with E-state index < -0.39 is 6.10 Å². The summed E-state index contributed by atoms with van der Waals surface area (Å²) in [7, 11) is 3.84. The van der Waals surface area contributed by atoms with Crippen LogP contribution >= 0.6 is 0 Å². The Morgan fingerprint density at radius 2 is 2.06 bits per heavy atom. The van der Waals surface area contributed by atoms with Crippen LogP contribution in [0.5, 0.6) is 0 Å². The van der Waals surface area contributed by atoms with Gasteiger partial charge in [-0.2, -0.15) is 4.79 Å². The van der Waals surface area contributed by atoms with Gasteiger partial charge in [0, 0.05) is 12.5 Å². The van der Waals surface area contributed by atoms with Crippen molar-refractivity contribution >= 4 is 6.09 Å². The predicted molar refractivity (Wildman–Crippen MR) is 132 cm³/mol. The number of amides is 1. The Kier molecular flexibility index (Phi) is 9.93. The molecule has 2 N–H and O–H groups in total. The van der Waals surface area contributed by atoms with E-state index in [-0.39, 0.29) is 28.6 Å². The molecule has 32 heavy (non-hydrogen) atoms. The van der Waals surface area contributed by atoms with Crippen molar-refractivity contribution in [3.8, 4) is 0 Å². The molecule has 4 unspecified atom stereocenters. The molecule has 0 radical (unpaired) electrons. The Morgan fingerprint density at radius 1 is 1.34 bits per heavy atom. The topological polar surface area (TPSA) is 58.6 Å². The smallest absolute Gasteiger partial charge is 0.410 e. The summed E-state index contributed by atoms with van der Waals surface area (Å²) in [5.41, 5.74) is 4.66. The van der Waals surface area contributed by atoms with Gasteiger partial charge in [0.15, 0.2) is 12.1 Å². The van der Waals surface area contributed by atoms with E-state index in [9.17, 15) is 9.90 Å². The van der Waals surface area contributed by atoms with Gasteiger partial charge in [0.1, 0.15) is 0 Å². The standard InChI is InChI=1S/C27H45N2O3/c1-8-12-21(14-11-10-13-19(3)4)26(30)22-15-16-28-18-23(22)20(5)17-24-25(9-2)32-27(31)29(24,6)7/h11,14,17,21,24-26,28,30H,3,8-10,12-13,15-16,18H2,1-2,4-7H3/q+1. The lowest BCUT2D eigenvalue weighted by molar-refractivity contribution is -0.821. The molecule has 180 valence electrons. The third-order valence-corrected chi connectivity index (χ3v) is 6.91. The Morgan fingerprint density at radius 3 is 2.69 bits per heavy atom. The molecular formula is C27H45N2O3+. The van der Waals surface area contributed by atoms with Crippen LogP contribution < -0.4 is 5.32 Å². The lowest BCUT2D eigenvalue weighted by Crippen LogP contribution is -2.48. The molecule has 2 aliphatic rings. The number of carbonyl (C=O) groups excluding carboxylic acids is 1. The molecule has 5 heteroatoms. The van der Waals surface area contributed by atoms with Crippen molar-refractivity contribution in [2.45, 2.75) is 84.5 Å². The Balaban J connectivity index is 2.33. The van der Waals surface area contributed by atoms with Crippen LogP contribution in [0.1, 0.15) is 66.2 Å². The highest BCUT2D eigenvalue weighted by Crippen LogP contribution is 2.33. The van der Waals surface area contributed by atoms with E-state index in [1.807, 2.05) is 14.1 Å². The van der Waals surface area contributed by atoms with E-state index in [1.54, 1.807) is 0 Å². The monoisotopic (exact) mass is 445 g/mol. The highest BCUT2D eigenvalue weighted by Gasteiger charge is 2.50. The fraction of sp³-hybridized carbons (Fsp3) is 0.667. The van der Waals surface area contributed by atoms with Gasteiger partial charge in [-0.1, -0.05) is 38.0 Å². The molecular weight excluding hydrogens is 400 g/mol. The lowest BCUT2D eigenvalue weighted by Gasteiger charge is -2.30. The van der Waals surface area contributed by atoms with E-state index in [1.165, 1.54) is 11.1 Å². The van der Waals surface area contributed by atoms with E-state index in [0.29, 0.717) is 0 Å². The van der Waals surface area contributed by atoms with Gasteiger partial charge >= 0.3 is 6.09 Å². The average Bonchev–Trinajstić information content (AvgIpc) is 2.98. The van der Waals surface area contributed by atoms with E-state index in [2.05, 4.69) is 57.8 Å². The first-order valence-corrected chi connectivity index (χ1v) is 12.3. The number of aliphatic hydroxyl groups excluding tert-OH is 1. The van der Waals surface area contributed by atoms with Crippen molar-refractivity contribution in [3.05, 3.63) is 47.1 Å². The maximum atomic E-state index is 12.4. The van der Waals surface area contributed by atoms with E-state index in [4.69, 9.17) is 4.74 Å². The molecule has 1 saturated heterocycles. The molecule has 0 aromatic heterocycles. The second-order valence-corrected chi connectivity index (χ2v) is 9.96. The zero-order valence-electron chi connectivity index (χ0n) is 21.1. The lowest BCUT2D eigenvalue weighted by atomic mass is 9.83.